The molecule has 0 aromatic heterocycles. The fourth-order valence-electron chi connectivity index (χ4n) is 1.78. The van der Waals surface area contributed by atoms with Crippen molar-refractivity contribution in [1.82, 2.24) is 5.32 Å². The molecule has 0 aliphatic heterocycles. The quantitative estimate of drug-likeness (QED) is 0.511. The van der Waals surface area contributed by atoms with Crippen molar-refractivity contribution in [1.29, 1.82) is 0 Å². The Labute approximate surface area is 130 Å². The largest absolute Gasteiger partial charge is 0.344 e. The number of hydrogen-bond donors (Lipinski definition) is 2. The van der Waals surface area contributed by atoms with Crippen LogP contribution in [0.15, 0.2) is 48.5 Å². The zero-order chi connectivity index (χ0) is 16.8. The van der Waals surface area contributed by atoms with Gasteiger partial charge in [-0.25, -0.2) is 4.39 Å². The molecule has 0 atom stereocenters. The minimum absolute atomic E-state index is 0.116. The zero-order valence-corrected chi connectivity index (χ0v) is 11.8. The lowest BCUT2D eigenvalue weighted by Gasteiger charge is -2.07. The van der Waals surface area contributed by atoms with Crippen LogP contribution < -0.4 is 10.6 Å². The van der Waals surface area contributed by atoms with Gasteiger partial charge in [0.15, 0.2) is 0 Å². The molecule has 2 N–H and O–H groups in total. The Morgan fingerprint density at radius 1 is 1.09 bits per heavy atom. The molecule has 23 heavy (non-hydrogen) atoms. The van der Waals surface area contributed by atoms with E-state index in [1.165, 1.54) is 36.4 Å². The lowest BCUT2D eigenvalue weighted by Crippen LogP contribution is -2.35. The minimum atomic E-state index is -0.998. The SMILES string of the molecule is O=C(NCc1ccccc1F)C(=O)Nc1cccc([N+](=O)[O-])c1. The number of halogens is 1. The molecular weight excluding hydrogens is 305 g/mol. The number of nitrogens with one attached hydrogen (secondary N) is 2. The van der Waals surface area contributed by atoms with Crippen LogP contribution in [0.3, 0.4) is 0 Å². The molecule has 0 fully saturated rings. The van der Waals surface area contributed by atoms with Gasteiger partial charge in [0.1, 0.15) is 5.82 Å². The molecule has 0 heterocycles. The number of non-ortho nitro benzene ring substituents is 1. The average molecular weight is 317 g/mol. The number of hydrogen-bond acceptors (Lipinski definition) is 4. The molecule has 0 saturated heterocycles. The monoisotopic (exact) mass is 317 g/mol. The first-order valence-corrected chi connectivity index (χ1v) is 6.54. The third-order valence-electron chi connectivity index (χ3n) is 2.92. The lowest BCUT2D eigenvalue weighted by atomic mass is 10.2. The zero-order valence-electron chi connectivity index (χ0n) is 11.8. The molecule has 8 heteroatoms. The molecule has 0 bridgehead atoms. The lowest BCUT2D eigenvalue weighted by molar-refractivity contribution is -0.384. The third-order valence-corrected chi connectivity index (χ3v) is 2.92. The van der Waals surface area contributed by atoms with Crippen LogP contribution in [0, 0.1) is 15.9 Å². The van der Waals surface area contributed by atoms with Crippen molar-refractivity contribution < 1.29 is 18.9 Å². The van der Waals surface area contributed by atoms with E-state index in [0.717, 1.165) is 6.07 Å². The molecule has 2 amide bonds. The van der Waals surface area contributed by atoms with Gasteiger partial charge in [0.25, 0.3) is 5.69 Å². The first-order chi connectivity index (χ1) is 11.0. The number of benzene rings is 2. The molecule has 0 aliphatic rings. The number of anilines is 1. The highest BCUT2D eigenvalue weighted by Crippen LogP contribution is 2.16. The molecule has 0 radical (unpaired) electrons. The molecular formula is C15H12FN3O4. The van der Waals surface area contributed by atoms with Crippen LogP contribution in [-0.2, 0) is 16.1 Å². The summed E-state index contributed by atoms with van der Waals surface area (Å²) in [6.07, 6.45) is 0. The van der Waals surface area contributed by atoms with Crippen LogP contribution in [0.1, 0.15) is 5.56 Å². The first kappa shape index (κ1) is 16.1. The normalized spacial score (nSPS) is 9.96. The van der Waals surface area contributed by atoms with Crippen molar-refractivity contribution >= 4 is 23.2 Å². The third kappa shape index (κ3) is 4.34. The van der Waals surface area contributed by atoms with Gasteiger partial charge in [0, 0.05) is 29.9 Å². The maximum absolute atomic E-state index is 13.4. The number of nitro groups is 1. The summed E-state index contributed by atoms with van der Waals surface area (Å²) in [4.78, 5) is 33.4. The predicted molar refractivity (Wildman–Crippen MR) is 80.0 cm³/mol. The Bertz CT molecular complexity index is 764. The summed E-state index contributed by atoms with van der Waals surface area (Å²) in [5, 5.41) is 15.2. The number of carbonyl (C=O) groups excluding carboxylic acids is 2. The van der Waals surface area contributed by atoms with Gasteiger partial charge in [-0.05, 0) is 12.1 Å². The van der Waals surface area contributed by atoms with E-state index in [1.54, 1.807) is 6.07 Å². The Morgan fingerprint density at radius 2 is 1.83 bits per heavy atom. The summed E-state index contributed by atoms with van der Waals surface area (Å²) < 4.78 is 13.4. The number of carbonyl (C=O) groups is 2. The van der Waals surface area contributed by atoms with Crippen LogP contribution >= 0.6 is 0 Å². The molecule has 0 aliphatic carbocycles. The Hall–Kier alpha value is -3.29. The van der Waals surface area contributed by atoms with Gasteiger partial charge in [0.2, 0.25) is 0 Å². The molecule has 118 valence electrons. The van der Waals surface area contributed by atoms with Crippen LogP contribution in [0.2, 0.25) is 0 Å². The second-order valence-electron chi connectivity index (χ2n) is 4.54. The van der Waals surface area contributed by atoms with Crippen LogP contribution in [0.4, 0.5) is 15.8 Å². The number of amides is 2. The average Bonchev–Trinajstić information content (AvgIpc) is 2.54. The Morgan fingerprint density at radius 3 is 2.52 bits per heavy atom. The molecule has 0 saturated carbocycles. The van der Waals surface area contributed by atoms with E-state index in [0.29, 0.717) is 0 Å². The summed E-state index contributed by atoms with van der Waals surface area (Å²) in [6.45, 7) is -0.145. The maximum Gasteiger partial charge on any atom is 0.313 e. The van der Waals surface area contributed by atoms with Crippen molar-refractivity contribution in [3.63, 3.8) is 0 Å². The van der Waals surface area contributed by atoms with E-state index in [4.69, 9.17) is 0 Å². The maximum atomic E-state index is 13.4. The summed E-state index contributed by atoms with van der Waals surface area (Å²) in [7, 11) is 0. The fraction of sp³-hybridized carbons (Fsp3) is 0.0667. The second-order valence-corrected chi connectivity index (χ2v) is 4.54. The van der Waals surface area contributed by atoms with E-state index in [9.17, 15) is 24.1 Å². The summed E-state index contributed by atoms with van der Waals surface area (Å²) in [6, 6.07) is 11.0. The highest BCUT2D eigenvalue weighted by atomic mass is 19.1. The Kier molecular flexibility index (Phi) is 4.98. The standard InChI is InChI=1S/C15H12FN3O4/c16-13-7-2-1-4-10(13)9-17-14(20)15(21)18-11-5-3-6-12(8-11)19(22)23/h1-8H,9H2,(H,17,20)(H,18,21). The Balaban J connectivity index is 1.95. The summed E-state index contributed by atoms with van der Waals surface area (Å²) >= 11 is 0. The number of nitrogens with zero attached hydrogens (tertiary/aromatic N) is 1. The second kappa shape index (κ2) is 7.12. The minimum Gasteiger partial charge on any atom is -0.344 e. The highest BCUT2D eigenvalue weighted by molar-refractivity contribution is 6.39. The fourth-order valence-corrected chi connectivity index (χ4v) is 1.78. The van der Waals surface area contributed by atoms with Crippen LogP contribution in [-0.4, -0.2) is 16.7 Å². The van der Waals surface area contributed by atoms with E-state index in [-0.39, 0.29) is 23.5 Å². The molecule has 2 rings (SSSR count). The molecule has 0 spiro atoms. The molecule has 7 nitrogen and oxygen atoms in total. The van der Waals surface area contributed by atoms with Gasteiger partial charge in [-0.3, -0.25) is 19.7 Å². The van der Waals surface area contributed by atoms with E-state index in [2.05, 4.69) is 10.6 Å². The van der Waals surface area contributed by atoms with Crippen molar-refractivity contribution in [2.75, 3.05) is 5.32 Å². The van der Waals surface area contributed by atoms with Gasteiger partial charge in [-0.2, -0.15) is 0 Å². The van der Waals surface area contributed by atoms with E-state index < -0.39 is 22.6 Å². The van der Waals surface area contributed by atoms with Crippen molar-refractivity contribution in [2.24, 2.45) is 0 Å². The number of nitro benzene ring substituents is 1. The summed E-state index contributed by atoms with van der Waals surface area (Å²) in [5.74, 6) is -2.46. The van der Waals surface area contributed by atoms with Gasteiger partial charge in [-0.15, -0.1) is 0 Å². The number of rotatable bonds is 4. The van der Waals surface area contributed by atoms with Gasteiger partial charge >= 0.3 is 11.8 Å². The summed E-state index contributed by atoms with van der Waals surface area (Å²) in [5.41, 5.74) is 0.142. The van der Waals surface area contributed by atoms with Crippen molar-refractivity contribution in [2.45, 2.75) is 6.54 Å². The van der Waals surface area contributed by atoms with Gasteiger partial charge in [-0.1, -0.05) is 24.3 Å². The predicted octanol–water partition coefficient (Wildman–Crippen LogP) is 1.99. The molecule has 2 aromatic carbocycles. The highest BCUT2D eigenvalue weighted by Gasteiger charge is 2.15. The van der Waals surface area contributed by atoms with Crippen LogP contribution in [0.25, 0.3) is 0 Å². The smallest absolute Gasteiger partial charge is 0.313 e. The van der Waals surface area contributed by atoms with E-state index in [1.807, 2.05) is 0 Å². The van der Waals surface area contributed by atoms with Crippen molar-refractivity contribution in [3.05, 3.63) is 70.0 Å². The molecule has 2 aromatic rings. The van der Waals surface area contributed by atoms with Gasteiger partial charge < -0.3 is 10.6 Å². The first-order valence-electron chi connectivity index (χ1n) is 6.54. The van der Waals surface area contributed by atoms with Crippen LogP contribution in [0.5, 0.6) is 0 Å². The van der Waals surface area contributed by atoms with E-state index >= 15 is 0 Å². The van der Waals surface area contributed by atoms with Crippen molar-refractivity contribution in [3.8, 4) is 0 Å². The molecule has 0 unspecified atom stereocenters. The topological polar surface area (TPSA) is 101 Å². The van der Waals surface area contributed by atoms with Gasteiger partial charge in [0.05, 0.1) is 4.92 Å².